The Balaban J connectivity index is 1.65. The Bertz CT molecular complexity index is 1020. The van der Waals surface area contributed by atoms with E-state index >= 15 is 0 Å². The van der Waals surface area contributed by atoms with Gasteiger partial charge in [-0.05, 0) is 23.8 Å². The van der Waals surface area contributed by atoms with Crippen LogP contribution in [0.15, 0.2) is 77.9 Å². The lowest BCUT2D eigenvalue weighted by Gasteiger charge is -2.38. The molecule has 3 nitrogen and oxygen atoms in total. The maximum atomic E-state index is 14.6. The molecule has 134 valence electrons. The van der Waals surface area contributed by atoms with Crippen molar-refractivity contribution in [3.63, 3.8) is 0 Å². The largest absolute Gasteiger partial charge is 0.464 e. The van der Waals surface area contributed by atoms with Gasteiger partial charge in [0.2, 0.25) is 6.23 Å². The first-order valence-electron chi connectivity index (χ1n) is 8.83. The first-order chi connectivity index (χ1) is 13.2. The summed E-state index contributed by atoms with van der Waals surface area (Å²) in [5, 5.41) is 7.00. The second-order valence-electron chi connectivity index (χ2n) is 6.66. The van der Waals surface area contributed by atoms with Gasteiger partial charge in [-0.1, -0.05) is 66.2 Å². The van der Waals surface area contributed by atoms with E-state index in [1.807, 2.05) is 59.6 Å². The van der Waals surface area contributed by atoms with Crippen LogP contribution in [-0.2, 0) is 0 Å². The van der Waals surface area contributed by atoms with Gasteiger partial charge in [-0.2, -0.15) is 5.10 Å². The molecule has 0 unspecified atom stereocenters. The van der Waals surface area contributed by atoms with Crippen molar-refractivity contribution in [3.05, 3.63) is 100 Å². The minimum absolute atomic E-state index is 0.0224. The molecule has 0 aromatic heterocycles. The number of hydrogen-bond donors (Lipinski definition) is 0. The van der Waals surface area contributed by atoms with Crippen molar-refractivity contribution in [2.24, 2.45) is 5.10 Å². The Hall–Kier alpha value is -2.85. The second kappa shape index (κ2) is 6.39. The van der Waals surface area contributed by atoms with E-state index in [1.165, 1.54) is 6.07 Å². The summed E-state index contributed by atoms with van der Waals surface area (Å²) in [5.74, 6) is 0.349. The van der Waals surface area contributed by atoms with Crippen molar-refractivity contribution in [2.75, 3.05) is 0 Å². The van der Waals surface area contributed by atoms with Gasteiger partial charge in [0.1, 0.15) is 11.6 Å². The van der Waals surface area contributed by atoms with Crippen molar-refractivity contribution < 1.29 is 9.13 Å². The van der Waals surface area contributed by atoms with E-state index in [2.05, 4.69) is 0 Å². The molecule has 27 heavy (non-hydrogen) atoms. The van der Waals surface area contributed by atoms with E-state index in [0.29, 0.717) is 10.6 Å². The van der Waals surface area contributed by atoms with Crippen LogP contribution in [0.2, 0.25) is 5.02 Å². The highest BCUT2D eigenvalue weighted by Gasteiger charge is 2.42. The summed E-state index contributed by atoms with van der Waals surface area (Å²) < 4.78 is 20.8. The lowest BCUT2D eigenvalue weighted by atomic mass is 9.96. The van der Waals surface area contributed by atoms with Crippen LogP contribution in [0.5, 0.6) is 5.75 Å². The molecule has 2 aliphatic rings. The predicted octanol–water partition coefficient (Wildman–Crippen LogP) is 5.72. The number of ether oxygens (including phenoxy) is 1. The van der Waals surface area contributed by atoms with Crippen LogP contribution in [0.25, 0.3) is 0 Å². The average Bonchev–Trinajstić information content (AvgIpc) is 3.14. The number of hydrogen-bond acceptors (Lipinski definition) is 3. The Labute approximate surface area is 161 Å². The third kappa shape index (κ3) is 2.68. The smallest absolute Gasteiger partial charge is 0.218 e. The van der Waals surface area contributed by atoms with Crippen molar-refractivity contribution in [2.45, 2.75) is 18.7 Å². The van der Waals surface area contributed by atoms with E-state index in [-0.39, 0.29) is 6.04 Å². The average molecular weight is 379 g/mol. The first-order valence-corrected chi connectivity index (χ1v) is 9.21. The molecule has 0 fully saturated rings. The van der Waals surface area contributed by atoms with Crippen LogP contribution in [0.1, 0.15) is 35.4 Å². The molecule has 2 atom stereocenters. The van der Waals surface area contributed by atoms with Crippen LogP contribution in [0.4, 0.5) is 4.39 Å². The molecular weight excluding hydrogens is 363 g/mol. The summed E-state index contributed by atoms with van der Waals surface area (Å²) >= 11 is 6.34. The normalized spacial score (nSPS) is 20.5. The van der Waals surface area contributed by atoms with Gasteiger partial charge in [0.25, 0.3) is 0 Å². The molecule has 0 amide bonds. The summed E-state index contributed by atoms with van der Waals surface area (Å²) in [6.45, 7) is 0. The highest BCUT2D eigenvalue weighted by atomic mass is 35.5. The van der Waals surface area contributed by atoms with Gasteiger partial charge in [0.05, 0.1) is 22.3 Å². The molecule has 0 aliphatic carbocycles. The van der Waals surface area contributed by atoms with Gasteiger partial charge >= 0.3 is 0 Å². The van der Waals surface area contributed by atoms with E-state index in [9.17, 15) is 4.39 Å². The highest BCUT2D eigenvalue weighted by Crippen LogP contribution is 2.48. The SMILES string of the molecule is Fc1cccc(Cl)c1[C@H]1Oc2ccccc2[C@@H]2CC(c3ccccc3)=NN12. The van der Waals surface area contributed by atoms with E-state index in [0.717, 1.165) is 29.0 Å². The number of rotatable bonds is 2. The fraction of sp³-hybridized carbons (Fsp3) is 0.136. The number of nitrogens with zero attached hydrogens (tertiary/aromatic N) is 2. The molecule has 2 heterocycles. The van der Waals surface area contributed by atoms with Crippen LogP contribution < -0.4 is 4.74 Å². The number of para-hydroxylation sites is 1. The summed E-state index contributed by atoms with van der Waals surface area (Å²) in [7, 11) is 0. The maximum Gasteiger partial charge on any atom is 0.218 e. The van der Waals surface area contributed by atoms with Crippen LogP contribution in [0, 0.1) is 5.82 Å². The summed E-state index contributed by atoms with van der Waals surface area (Å²) in [5.41, 5.74) is 3.38. The van der Waals surface area contributed by atoms with Gasteiger partial charge in [-0.25, -0.2) is 9.40 Å². The van der Waals surface area contributed by atoms with Crippen molar-refractivity contribution in [3.8, 4) is 5.75 Å². The van der Waals surface area contributed by atoms with Gasteiger partial charge < -0.3 is 4.74 Å². The third-order valence-corrected chi connectivity index (χ3v) is 5.38. The summed E-state index contributed by atoms with van der Waals surface area (Å²) in [6, 6.07) is 22.5. The fourth-order valence-electron chi connectivity index (χ4n) is 3.78. The molecule has 0 bridgehead atoms. The molecule has 3 aromatic rings. The Morgan fingerprint density at radius 2 is 1.74 bits per heavy atom. The summed E-state index contributed by atoms with van der Waals surface area (Å²) in [4.78, 5) is 0. The van der Waals surface area contributed by atoms with Gasteiger partial charge in [0, 0.05) is 12.0 Å². The van der Waals surface area contributed by atoms with Crippen LogP contribution in [-0.4, -0.2) is 10.7 Å². The Morgan fingerprint density at radius 1 is 0.963 bits per heavy atom. The predicted molar refractivity (Wildman–Crippen MR) is 103 cm³/mol. The molecule has 0 saturated carbocycles. The van der Waals surface area contributed by atoms with E-state index in [4.69, 9.17) is 21.4 Å². The minimum Gasteiger partial charge on any atom is -0.464 e. The van der Waals surface area contributed by atoms with Gasteiger partial charge in [0.15, 0.2) is 0 Å². The lowest BCUT2D eigenvalue weighted by Crippen LogP contribution is -2.34. The third-order valence-electron chi connectivity index (χ3n) is 5.05. The number of benzene rings is 3. The van der Waals surface area contributed by atoms with E-state index in [1.54, 1.807) is 12.1 Å². The van der Waals surface area contributed by atoms with Gasteiger partial charge in [-0.3, -0.25) is 0 Å². The highest BCUT2D eigenvalue weighted by molar-refractivity contribution is 6.31. The topological polar surface area (TPSA) is 24.8 Å². The van der Waals surface area contributed by atoms with Gasteiger partial charge in [-0.15, -0.1) is 0 Å². The molecular formula is C22H16ClFN2O. The molecule has 0 radical (unpaired) electrons. The zero-order valence-corrected chi connectivity index (χ0v) is 15.1. The van der Waals surface area contributed by atoms with Crippen molar-refractivity contribution >= 4 is 17.3 Å². The Morgan fingerprint density at radius 3 is 2.56 bits per heavy atom. The van der Waals surface area contributed by atoms with Crippen molar-refractivity contribution in [1.82, 2.24) is 5.01 Å². The number of halogens is 2. The second-order valence-corrected chi connectivity index (χ2v) is 7.06. The zero-order chi connectivity index (χ0) is 18.4. The van der Waals surface area contributed by atoms with Crippen LogP contribution in [0.3, 0.4) is 0 Å². The first kappa shape index (κ1) is 16.3. The molecule has 2 aliphatic heterocycles. The Kier molecular flexibility index (Phi) is 3.87. The molecule has 3 aromatic carbocycles. The fourth-order valence-corrected chi connectivity index (χ4v) is 4.03. The number of hydrazone groups is 1. The number of fused-ring (bicyclic) bond motifs is 3. The minimum atomic E-state index is -0.709. The van der Waals surface area contributed by atoms with Crippen molar-refractivity contribution in [1.29, 1.82) is 0 Å². The van der Waals surface area contributed by atoms with Crippen LogP contribution >= 0.6 is 11.6 Å². The quantitative estimate of drug-likeness (QED) is 0.569. The zero-order valence-electron chi connectivity index (χ0n) is 14.3. The molecule has 0 spiro atoms. The molecule has 5 heteroatoms. The molecule has 0 N–H and O–H groups in total. The monoisotopic (exact) mass is 378 g/mol. The lowest BCUT2D eigenvalue weighted by molar-refractivity contribution is -0.0211. The molecule has 5 rings (SSSR count). The maximum absolute atomic E-state index is 14.6. The summed E-state index contributed by atoms with van der Waals surface area (Å²) in [6.07, 6.45) is 0.0206. The molecule has 0 saturated heterocycles. The standard InChI is InChI=1S/C22H16ClFN2O/c23-16-10-6-11-17(24)21(16)22-26-19(15-9-4-5-12-20(15)27-22)13-18(25-26)14-7-2-1-3-8-14/h1-12,19,22H,13H2/t19-,22+/m0/s1. The van der Waals surface area contributed by atoms with E-state index < -0.39 is 12.0 Å².